The third kappa shape index (κ3) is 13.7. The Hall–Kier alpha value is -4.06. The molecule has 1 aromatic rings. The number of amides is 4. The number of anilines is 1. The van der Waals surface area contributed by atoms with Gasteiger partial charge in [-0.2, -0.15) is 52.7 Å². The highest BCUT2D eigenvalue weighted by Gasteiger charge is 2.47. The number of hydrogen-bond donors (Lipinski definition) is 4. The minimum Gasteiger partial charge on any atom is -0.395 e. The van der Waals surface area contributed by atoms with Crippen LogP contribution in [0.2, 0.25) is 0 Å². The van der Waals surface area contributed by atoms with Crippen molar-refractivity contribution in [3.63, 3.8) is 0 Å². The van der Waals surface area contributed by atoms with Crippen LogP contribution in [0.5, 0.6) is 0 Å². The molecule has 0 heterocycles. The third-order valence-electron chi connectivity index (χ3n) is 5.87. The molecule has 0 aliphatic rings. The van der Waals surface area contributed by atoms with Gasteiger partial charge in [0.2, 0.25) is 0 Å². The Morgan fingerprint density at radius 2 is 1.06 bits per heavy atom. The molecule has 1 aromatic carbocycles. The van der Waals surface area contributed by atoms with Gasteiger partial charge in [0.1, 0.15) is 0 Å². The summed E-state index contributed by atoms with van der Waals surface area (Å²) in [6.07, 6.45) is -23.5. The number of hydrogen-bond acceptors (Lipinski definition) is 8. The summed E-state index contributed by atoms with van der Waals surface area (Å²) in [6.45, 7) is -9.42. The SMILES string of the molecule is O=C(NC(Cc1ccc(NOO)cc1)CN(CCN(CCN(CCO)C(=O)C(F)(F)F)C(=O)C(F)(F)F)C(=O)C(F)(F)F)C(F)(F)F. The Balaban J connectivity index is 3.41. The van der Waals surface area contributed by atoms with Crippen LogP contribution < -0.4 is 10.8 Å². The van der Waals surface area contributed by atoms with Gasteiger partial charge < -0.3 is 25.1 Å². The van der Waals surface area contributed by atoms with Crippen molar-refractivity contribution in [2.45, 2.75) is 37.2 Å². The van der Waals surface area contributed by atoms with E-state index in [0.717, 1.165) is 24.3 Å². The molecule has 47 heavy (non-hydrogen) atoms. The minimum atomic E-state index is -5.80. The third-order valence-corrected chi connectivity index (χ3v) is 5.87. The maximum Gasteiger partial charge on any atom is 0.471 e. The normalized spacial score (nSPS) is 13.1. The second-order valence-electron chi connectivity index (χ2n) is 9.31. The van der Waals surface area contributed by atoms with E-state index in [0.29, 0.717) is 0 Å². The van der Waals surface area contributed by atoms with E-state index in [1.54, 1.807) is 0 Å². The molecule has 0 aromatic heterocycles. The summed E-state index contributed by atoms with van der Waals surface area (Å²) < 4.78 is 157. The van der Waals surface area contributed by atoms with Crippen LogP contribution in [0, 0.1) is 0 Å². The van der Waals surface area contributed by atoms with E-state index in [2.05, 4.69) is 4.99 Å². The molecule has 24 heteroatoms. The van der Waals surface area contributed by atoms with Crippen LogP contribution in [-0.4, -0.2) is 125 Å². The number of carbonyl (C=O) groups excluding carboxylic acids is 4. The fraction of sp³-hybridized carbons (Fsp3) is 0.565. The van der Waals surface area contributed by atoms with Crippen LogP contribution in [0.4, 0.5) is 58.4 Å². The Bertz CT molecular complexity index is 1210. The molecule has 0 saturated heterocycles. The van der Waals surface area contributed by atoms with Crippen LogP contribution >= 0.6 is 0 Å². The smallest absolute Gasteiger partial charge is 0.395 e. The quantitative estimate of drug-likeness (QED) is 0.123. The van der Waals surface area contributed by atoms with Crippen molar-refractivity contribution >= 4 is 29.3 Å². The Morgan fingerprint density at radius 1 is 0.660 bits per heavy atom. The molecule has 0 fully saturated rings. The number of benzene rings is 1. The highest BCUT2D eigenvalue weighted by atomic mass is 19.4. The molecule has 1 atom stereocenters. The van der Waals surface area contributed by atoms with Gasteiger partial charge in [0, 0.05) is 39.3 Å². The molecule has 4 amide bonds. The molecule has 268 valence electrons. The number of alkyl halides is 12. The van der Waals surface area contributed by atoms with Crippen molar-refractivity contribution in [1.82, 2.24) is 20.0 Å². The van der Waals surface area contributed by atoms with Gasteiger partial charge in [0.15, 0.2) is 0 Å². The lowest BCUT2D eigenvalue weighted by atomic mass is 10.0. The number of nitrogens with one attached hydrogen (secondary N) is 2. The van der Waals surface area contributed by atoms with Crippen LogP contribution in [0.3, 0.4) is 0 Å². The number of aliphatic hydroxyl groups is 1. The summed E-state index contributed by atoms with van der Waals surface area (Å²) in [7, 11) is 0. The van der Waals surface area contributed by atoms with Crippen LogP contribution in [-0.2, 0) is 30.6 Å². The minimum absolute atomic E-state index is 0.00699. The fourth-order valence-electron chi connectivity index (χ4n) is 3.79. The van der Waals surface area contributed by atoms with E-state index in [1.807, 2.05) is 5.48 Å². The van der Waals surface area contributed by atoms with Crippen LogP contribution in [0.25, 0.3) is 0 Å². The summed E-state index contributed by atoms with van der Waals surface area (Å²) in [4.78, 5) is 50.0. The van der Waals surface area contributed by atoms with E-state index in [-0.39, 0.29) is 26.0 Å². The van der Waals surface area contributed by atoms with E-state index in [1.165, 1.54) is 5.32 Å². The number of rotatable bonds is 15. The van der Waals surface area contributed by atoms with Crippen molar-refractivity contribution in [1.29, 1.82) is 0 Å². The summed E-state index contributed by atoms with van der Waals surface area (Å²) in [6, 6.07) is 2.55. The van der Waals surface area contributed by atoms with Crippen molar-refractivity contribution in [3.8, 4) is 0 Å². The molecular formula is C23H25F12N5O7. The largest absolute Gasteiger partial charge is 0.471 e. The molecule has 0 bridgehead atoms. The van der Waals surface area contributed by atoms with Crippen LogP contribution in [0.1, 0.15) is 5.56 Å². The van der Waals surface area contributed by atoms with Gasteiger partial charge in [0.05, 0.1) is 18.3 Å². The van der Waals surface area contributed by atoms with Crippen LogP contribution in [0.15, 0.2) is 24.3 Å². The maximum absolute atomic E-state index is 13.4. The average Bonchev–Trinajstić information content (AvgIpc) is 2.93. The van der Waals surface area contributed by atoms with Crippen molar-refractivity contribution in [2.24, 2.45) is 0 Å². The topological polar surface area (TPSA) is 152 Å². The molecule has 1 rings (SSSR count). The molecule has 1 unspecified atom stereocenters. The van der Waals surface area contributed by atoms with Crippen molar-refractivity contribution in [2.75, 3.05) is 51.4 Å². The second kappa shape index (κ2) is 16.7. The standard InChI is InChI=1S/C23H25F12N5O7/c24-20(25,26)16(42)36-15(11-13-1-3-14(4-2-13)37-47-46)12-40(19(45)23(33,34)35)8-7-38(17(43)21(27,28)29)5-6-39(9-10-41)18(44)22(30,31)32/h1-4,15,37,41,46H,5-12H2,(H,36,42). The second-order valence-corrected chi connectivity index (χ2v) is 9.31. The first-order valence-corrected chi connectivity index (χ1v) is 12.6. The summed E-state index contributed by atoms with van der Waals surface area (Å²) in [5, 5.41) is 18.7. The molecule has 4 N–H and O–H groups in total. The Morgan fingerprint density at radius 3 is 1.45 bits per heavy atom. The van der Waals surface area contributed by atoms with Gasteiger partial charge in [0.25, 0.3) is 0 Å². The molecule has 0 radical (unpaired) electrons. The molecule has 12 nitrogen and oxygen atoms in total. The fourth-order valence-corrected chi connectivity index (χ4v) is 3.79. The lowest BCUT2D eigenvalue weighted by Gasteiger charge is -2.33. The number of carbonyl (C=O) groups is 4. The first kappa shape index (κ1) is 41.0. The van der Waals surface area contributed by atoms with E-state index in [4.69, 9.17) is 10.4 Å². The summed E-state index contributed by atoms with van der Waals surface area (Å²) in [5.74, 6) is -11.0. The summed E-state index contributed by atoms with van der Waals surface area (Å²) >= 11 is 0. The molecule has 0 spiro atoms. The molecule has 0 saturated carbocycles. The lowest BCUT2D eigenvalue weighted by molar-refractivity contribution is -0.215. The zero-order valence-corrected chi connectivity index (χ0v) is 23.4. The average molecular weight is 711 g/mol. The molecular weight excluding hydrogens is 686 g/mol. The zero-order valence-electron chi connectivity index (χ0n) is 23.4. The van der Waals surface area contributed by atoms with Gasteiger partial charge in [-0.1, -0.05) is 12.1 Å². The van der Waals surface area contributed by atoms with E-state index in [9.17, 15) is 71.9 Å². The van der Waals surface area contributed by atoms with Gasteiger partial charge in [-0.15, -0.1) is 4.99 Å². The maximum atomic E-state index is 13.4. The number of halogens is 12. The molecule has 0 aliphatic heterocycles. The lowest BCUT2D eigenvalue weighted by Crippen LogP contribution is -2.55. The predicted molar refractivity (Wildman–Crippen MR) is 130 cm³/mol. The van der Waals surface area contributed by atoms with Gasteiger partial charge >= 0.3 is 48.3 Å². The van der Waals surface area contributed by atoms with E-state index >= 15 is 0 Å². The Labute approximate surface area is 255 Å². The van der Waals surface area contributed by atoms with Gasteiger partial charge in [-0.3, -0.25) is 19.2 Å². The highest BCUT2D eigenvalue weighted by molar-refractivity contribution is 5.84. The van der Waals surface area contributed by atoms with Crippen molar-refractivity contribution in [3.05, 3.63) is 29.8 Å². The highest BCUT2D eigenvalue weighted by Crippen LogP contribution is 2.23. The summed E-state index contributed by atoms with van der Waals surface area (Å²) in [5.41, 5.74) is 2.01. The van der Waals surface area contributed by atoms with Gasteiger partial charge in [-0.25, -0.2) is 10.7 Å². The first-order valence-electron chi connectivity index (χ1n) is 12.6. The zero-order chi connectivity index (χ0) is 36.4. The first-order chi connectivity index (χ1) is 21.4. The van der Waals surface area contributed by atoms with Crippen molar-refractivity contribution < 1.29 is 87.2 Å². The monoisotopic (exact) mass is 711 g/mol. The number of aliphatic hydroxyl groups excluding tert-OH is 1. The predicted octanol–water partition coefficient (Wildman–Crippen LogP) is 2.26. The molecule has 0 aliphatic carbocycles. The number of nitrogens with zero attached hydrogens (tertiary/aromatic N) is 3. The van der Waals surface area contributed by atoms with E-state index < -0.39 is 107 Å². The van der Waals surface area contributed by atoms with Gasteiger partial charge in [-0.05, 0) is 24.1 Å². The Kier molecular flexibility index (Phi) is 14.5.